The van der Waals surface area contributed by atoms with Gasteiger partial charge in [0, 0.05) is 42.8 Å². The molecule has 7 aromatic rings. The Morgan fingerprint density at radius 2 is 1.11 bits per heavy atom. The van der Waals surface area contributed by atoms with E-state index in [4.69, 9.17) is 0 Å². The molecule has 0 fully saturated rings. The molecule has 1 aliphatic carbocycles. The zero-order valence-electron chi connectivity index (χ0n) is 24.4. The molecule has 0 saturated heterocycles. The zero-order chi connectivity index (χ0) is 29.3. The van der Waals surface area contributed by atoms with Gasteiger partial charge in [-0.3, -0.25) is 0 Å². The van der Waals surface area contributed by atoms with Crippen molar-refractivity contribution in [3.05, 3.63) is 169 Å². The maximum Gasteiger partial charge on any atom is 0.0462 e. The molecule has 44 heavy (non-hydrogen) atoms. The molecular formula is C42H31NS. The van der Waals surface area contributed by atoms with Crippen molar-refractivity contribution in [3.8, 4) is 22.3 Å². The molecule has 0 amide bonds. The number of thiophene rings is 1. The molecule has 1 nitrogen and oxygen atoms in total. The van der Waals surface area contributed by atoms with Gasteiger partial charge in [-0.2, -0.15) is 0 Å². The van der Waals surface area contributed by atoms with Crippen LogP contribution in [0.25, 0.3) is 48.0 Å². The van der Waals surface area contributed by atoms with E-state index in [0.717, 1.165) is 29.9 Å². The van der Waals surface area contributed by atoms with Crippen LogP contribution in [-0.4, -0.2) is 0 Å². The van der Waals surface area contributed by atoms with Gasteiger partial charge in [0.15, 0.2) is 0 Å². The standard InChI is InChI=1S/C42H31NS/c1-4-12-30(13-5-1)31-20-24-35(25-21-31)43(34-16-8-3-9-17-34)36-26-22-32(23-27-36)37-28-29-39-38-18-10-11-19-40(38)44-42(39)41(37)33-14-6-2-7-15-33/h1-6,8-14,16-29H,7,15H2. The Morgan fingerprint density at radius 1 is 0.500 bits per heavy atom. The lowest BCUT2D eigenvalue weighted by Gasteiger charge is -2.26. The molecule has 0 spiro atoms. The predicted molar refractivity (Wildman–Crippen MR) is 191 cm³/mol. The van der Waals surface area contributed by atoms with E-state index >= 15 is 0 Å². The fourth-order valence-electron chi connectivity index (χ4n) is 6.41. The van der Waals surface area contributed by atoms with Gasteiger partial charge in [0.2, 0.25) is 0 Å². The van der Waals surface area contributed by atoms with Crippen LogP contribution < -0.4 is 4.90 Å². The van der Waals surface area contributed by atoms with Crippen LogP contribution >= 0.6 is 11.3 Å². The summed E-state index contributed by atoms with van der Waals surface area (Å²) in [5, 5.41) is 2.70. The molecule has 0 atom stereocenters. The minimum Gasteiger partial charge on any atom is -0.311 e. The highest BCUT2D eigenvalue weighted by atomic mass is 32.1. The maximum absolute atomic E-state index is 2.34. The van der Waals surface area contributed by atoms with Crippen molar-refractivity contribution in [3.63, 3.8) is 0 Å². The molecule has 6 aromatic carbocycles. The molecule has 210 valence electrons. The molecule has 8 rings (SSSR count). The van der Waals surface area contributed by atoms with E-state index in [1.165, 1.54) is 53.6 Å². The Labute approximate surface area is 262 Å². The van der Waals surface area contributed by atoms with Crippen LogP contribution in [-0.2, 0) is 0 Å². The molecule has 1 aliphatic rings. The summed E-state index contributed by atoms with van der Waals surface area (Å²) in [5.74, 6) is 0. The predicted octanol–water partition coefficient (Wildman–Crippen LogP) is 12.6. The van der Waals surface area contributed by atoms with Crippen molar-refractivity contribution < 1.29 is 0 Å². The zero-order valence-corrected chi connectivity index (χ0v) is 25.2. The van der Waals surface area contributed by atoms with Crippen molar-refractivity contribution in [1.29, 1.82) is 0 Å². The Hall–Kier alpha value is -5.18. The fraction of sp³-hybridized carbons (Fsp3) is 0.0476. The summed E-state index contributed by atoms with van der Waals surface area (Å²) >= 11 is 1.92. The van der Waals surface area contributed by atoms with Gasteiger partial charge in [0.1, 0.15) is 0 Å². The van der Waals surface area contributed by atoms with Crippen molar-refractivity contribution in [2.24, 2.45) is 0 Å². The second-order valence-electron chi connectivity index (χ2n) is 11.3. The molecular weight excluding hydrogens is 551 g/mol. The highest BCUT2D eigenvalue weighted by Crippen LogP contribution is 2.45. The average Bonchev–Trinajstić information content (AvgIpc) is 3.49. The summed E-state index contributed by atoms with van der Waals surface area (Å²) < 4.78 is 2.73. The van der Waals surface area contributed by atoms with Crippen molar-refractivity contribution >= 4 is 54.1 Å². The van der Waals surface area contributed by atoms with Gasteiger partial charge in [0.05, 0.1) is 0 Å². The monoisotopic (exact) mass is 581 g/mol. The number of para-hydroxylation sites is 1. The van der Waals surface area contributed by atoms with E-state index in [2.05, 4.69) is 169 Å². The van der Waals surface area contributed by atoms with Crippen LogP contribution in [0.4, 0.5) is 17.1 Å². The number of fused-ring (bicyclic) bond motifs is 3. The highest BCUT2D eigenvalue weighted by Gasteiger charge is 2.19. The first kappa shape index (κ1) is 26.4. The number of nitrogens with zero attached hydrogens (tertiary/aromatic N) is 1. The third-order valence-corrected chi connectivity index (χ3v) is 9.77. The van der Waals surface area contributed by atoms with E-state index in [0.29, 0.717) is 0 Å². The summed E-state index contributed by atoms with van der Waals surface area (Å²) in [7, 11) is 0. The minimum atomic E-state index is 1.07. The van der Waals surface area contributed by atoms with Gasteiger partial charge in [-0.25, -0.2) is 0 Å². The van der Waals surface area contributed by atoms with Crippen molar-refractivity contribution in [1.82, 2.24) is 0 Å². The van der Waals surface area contributed by atoms with Crippen molar-refractivity contribution in [2.75, 3.05) is 4.90 Å². The Bertz CT molecular complexity index is 2130. The molecule has 1 aromatic heterocycles. The molecule has 0 aliphatic heterocycles. The van der Waals surface area contributed by atoms with Crippen LogP contribution in [0.1, 0.15) is 18.4 Å². The molecule has 0 bridgehead atoms. The maximum atomic E-state index is 2.34. The molecule has 2 heteroatoms. The van der Waals surface area contributed by atoms with E-state index in [1.807, 2.05) is 11.3 Å². The molecule has 0 N–H and O–H groups in total. The van der Waals surface area contributed by atoms with Gasteiger partial charge in [-0.15, -0.1) is 11.3 Å². The van der Waals surface area contributed by atoms with E-state index in [-0.39, 0.29) is 0 Å². The topological polar surface area (TPSA) is 3.24 Å². The summed E-state index contributed by atoms with van der Waals surface area (Å²) in [5.41, 5.74) is 11.2. The van der Waals surface area contributed by atoms with E-state index < -0.39 is 0 Å². The normalized spacial score (nSPS) is 12.9. The first-order valence-electron chi connectivity index (χ1n) is 15.2. The van der Waals surface area contributed by atoms with Gasteiger partial charge < -0.3 is 4.90 Å². The van der Waals surface area contributed by atoms with Crippen molar-refractivity contribution in [2.45, 2.75) is 12.8 Å². The second kappa shape index (κ2) is 11.5. The van der Waals surface area contributed by atoms with Crippen LogP contribution in [0.5, 0.6) is 0 Å². The molecule has 0 radical (unpaired) electrons. The summed E-state index contributed by atoms with van der Waals surface area (Å²) in [6, 6.07) is 52.6. The lowest BCUT2D eigenvalue weighted by Crippen LogP contribution is -2.09. The fourth-order valence-corrected chi connectivity index (χ4v) is 7.69. The lowest BCUT2D eigenvalue weighted by molar-refractivity contribution is 1.06. The van der Waals surface area contributed by atoms with Crippen LogP contribution in [0.2, 0.25) is 0 Å². The lowest BCUT2D eigenvalue weighted by atomic mass is 9.89. The highest BCUT2D eigenvalue weighted by molar-refractivity contribution is 7.26. The number of hydrogen-bond acceptors (Lipinski definition) is 2. The number of allylic oxidation sites excluding steroid dienone is 4. The quantitative estimate of drug-likeness (QED) is 0.189. The molecule has 0 unspecified atom stereocenters. The second-order valence-corrected chi connectivity index (χ2v) is 12.3. The van der Waals surface area contributed by atoms with Crippen LogP contribution in [0.3, 0.4) is 0 Å². The number of anilines is 3. The largest absolute Gasteiger partial charge is 0.311 e. The van der Waals surface area contributed by atoms with Gasteiger partial charge in [-0.1, -0.05) is 121 Å². The van der Waals surface area contributed by atoms with Crippen LogP contribution in [0, 0.1) is 0 Å². The Kier molecular flexibility index (Phi) is 6.90. The molecule has 1 heterocycles. The smallest absolute Gasteiger partial charge is 0.0462 e. The van der Waals surface area contributed by atoms with Crippen LogP contribution in [0.15, 0.2) is 164 Å². The van der Waals surface area contributed by atoms with E-state index in [1.54, 1.807) is 0 Å². The summed E-state index contributed by atoms with van der Waals surface area (Å²) in [6.45, 7) is 0. The van der Waals surface area contributed by atoms with Gasteiger partial charge in [-0.05, 0) is 83.1 Å². The first-order valence-corrected chi connectivity index (χ1v) is 16.1. The number of rotatable bonds is 6. The first-order chi connectivity index (χ1) is 21.8. The number of benzene rings is 6. The average molecular weight is 582 g/mol. The molecule has 0 saturated carbocycles. The Morgan fingerprint density at radius 3 is 1.82 bits per heavy atom. The van der Waals surface area contributed by atoms with E-state index in [9.17, 15) is 0 Å². The minimum absolute atomic E-state index is 1.07. The number of hydrogen-bond donors (Lipinski definition) is 0. The summed E-state index contributed by atoms with van der Waals surface area (Å²) in [4.78, 5) is 2.34. The Balaban J connectivity index is 1.22. The van der Waals surface area contributed by atoms with Gasteiger partial charge >= 0.3 is 0 Å². The third-order valence-electron chi connectivity index (χ3n) is 8.57. The van der Waals surface area contributed by atoms with Gasteiger partial charge in [0.25, 0.3) is 0 Å². The third kappa shape index (κ3) is 4.84. The summed E-state index contributed by atoms with van der Waals surface area (Å²) in [6.07, 6.45) is 8.96. The SMILES string of the molecule is C1=CCCC(c2c(-c3ccc(N(c4ccccc4)c4ccc(-c5ccccc5)cc4)cc3)ccc3c2sc2ccccc23)=C1.